The smallest absolute Gasteiger partial charge is 0.394 e. The van der Waals surface area contributed by atoms with E-state index in [4.69, 9.17) is 14.0 Å². The number of unbranched alkanes of at least 4 members (excludes halogenated alkanes) is 16. The monoisotopic (exact) mass is 832 g/mol. The van der Waals surface area contributed by atoms with E-state index in [-0.39, 0.29) is 6.42 Å². The number of ether oxygens (including phenoxy) is 2. The molecule has 0 radical (unpaired) electrons. The lowest BCUT2D eigenvalue weighted by Crippen LogP contribution is -2.61. The van der Waals surface area contributed by atoms with Gasteiger partial charge in [0.1, 0.15) is 30.5 Å². The van der Waals surface area contributed by atoms with Crippen molar-refractivity contribution in [2.75, 3.05) is 13.2 Å². The second-order valence-corrected chi connectivity index (χ2v) is 16.1. The molecule has 0 aromatic heterocycles. The lowest BCUT2D eigenvalue weighted by molar-refractivity contribution is -0.298. The van der Waals surface area contributed by atoms with Gasteiger partial charge in [-0.3, -0.25) is 9.35 Å². The minimum Gasteiger partial charge on any atom is -0.394 e. The molecule has 0 spiro atoms. The van der Waals surface area contributed by atoms with Gasteiger partial charge in [0.25, 0.3) is 0 Å². The molecule has 1 heterocycles. The second kappa shape index (κ2) is 33.8. The van der Waals surface area contributed by atoms with Crippen molar-refractivity contribution in [2.24, 2.45) is 0 Å². The summed E-state index contributed by atoms with van der Waals surface area (Å²) in [5.74, 6) is -0.724. The van der Waals surface area contributed by atoms with Crippen molar-refractivity contribution in [3.05, 3.63) is 48.6 Å². The van der Waals surface area contributed by atoms with Crippen LogP contribution in [-0.4, -0.2) is 107 Å². The Morgan fingerprint density at radius 3 is 1.82 bits per heavy atom. The maximum absolute atomic E-state index is 13.1. The van der Waals surface area contributed by atoms with Crippen molar-refractivity contribution < 1.29 is 57.0 Å². The van der Waals surface area contributed by atoms with Gasteiger partial charge in [0, 0.05) is 0 Å². The summed E-state index contributed by atoms with van der Waals surface area (Å²) in [7, 11) is -5.12. The van der Waals surface area contributed by atoms with Gasteiger partial charge in [-0.1, -0.05) is 140 Å². The fourth-order valence-electron chi connectivity index (χ4n) is 6.45. The molecule has 1 amide bonds. The van der Waals surface area contributed by atoms with Gasteiger partial charge in [-0.2, -0.15) is 8.42 Å². The Hall–Kier alpha value is -1.98. The number of hydrogen-bond acceptors (Lipinski definition) is 11. The van der Waals surface area contributed by atoms with Gasteiger partial charge in [0.2, 0.25) is 5.91 Å². The van der Waals surface area contributed by atoms with E-state index < -0.39 is 78.5 Å². The van der Waals surface area contributed by atoms with Crippen LogP contribution in [0.15, 0.2) is 48.6 Å². The Kier molecular flexibility index (Phi) is 31.5. The van der Waals surface area contributed by atoms with Crippen LogP contribution in [0.3, 0.4) is 0 Å². The number of carbonyl (C=O) groups is 1. The number of nitrogens with one attached hydrogen (secondary N) is 1. The molecule has 1 fully saturated rings. The summed E-state index contributed by atoms with van der Waals surface area (Å²) in [4.78, 5) is 13.1. The highest BCUT2D eigenvalue weighted by molar-refractivity contribution is 7.80. The molecule has 57 heavy (non-hydrogen) atoms. The number of amides is 1. The van der Waals surface area contributed by atoms with Crippen LogP contribution in [0.25, 0.3) is 0 Å². The second-order valence-electron chi connectivity index (χ2n) is 15.1. The number of hydrogen-bond donors (Lipinski definition) is 7. The molecule has 7 N–H and O–H groups in total. The van der Waals surface area contributed by atoms with Gasteiger partial charge in [-0.25, -0.2) is 4.18 Å². The fraction of sp³-hybridized carbons (Fsp3) is 0.791. The highest BCUT2D eigenvalue weighted by atomic mass is 32.3. The van der Waals surface area contributed by atoms with E-state index >= 15 is 0 Å². The number of rotatable bonds is 35. The molecule has 13 nitrogen and oxygen atoms in total. The summed E-state index contributed by atoms with van der Waals surface area (Å²) in [6.07, 6.45) is 27.7. The summed E-state index contributed by atoms with van der Waals surface area (Å²) in [5, 5.41) is 55.0. The van der Waals surface area contributed by atoms with E-state index in [9.17, 15) is 38.7 Å². The summed E-state index contributed by atoms with van der Waals surface area (Å²) in [6, 6.07) is -1.14. The summed E-state index contributed by atoms with van der Waals surface area (Å²) >= 11 is 0. The molecule has 1 aliphatic rings. The average Bonchev–Trinajstić information content (AvgIpc) is 3.18. The molecule has 1 aliphatic heterocycles. The van der Waals surface area contributed by atoms with Gasteiger partial charge in [-0.05, 0) is 64.2 Å². The molecule has 0 aromatic carbocycles. The first kappa shape index (κ1) is 53.0. The first-order valence-electron chi connectivity index (χ1n) is 21.6. The van der Waals surface area contributed by atoms with E-state index in [0.29, 0.717) is 12.8 Å². The zero-order valence-electron chi connectivity index (χ0n) is 34.7. The van der Waals surface area contributed by atoms with Gasteiger partial charge in [0.15, 0.2) is 6.29 Å². The first-order valence-corrected chi connectivity index (χ1v) is 23.0. The molecule has 0 bridgehead atoms. The van der Waals surface area contributed by atoms with Crippen LogP contribution in [0, 0.1) is 0 Å². The lowest BCUT2D eigenvalue weighted by Gasteiger charge is -2.41. The predicted molar refractivity (Wildman–Crippen MR) is 224 cm³/mol. The quantitative estimate of drug-likeness (QED) is 0.0203. The summed E-state index contributed by atoms with van der Waals surface area (Å²) in [6.45, 7) is 3.12. The Morgan fingerprint density at radius 1 is 0.719 bits per heavy atom. The van der Waals surface area contributed by atoms with Gasteiger partial charge < -0.3 is 40.3 Å². The number of carbonyl (C=O) groups excluding carboxylic acids is 1. The molecule has 14 heteroatoms. The van der Waals surface area contributed by atoms with E-state index in [0.717, 1.165) is 70.6 Å². The van der Waals surface area contributed by atoms with Gasteiger partial charge in [-0.15, -0.1) is 0 Å². The third kappa shape index (κ3) is 26.7. The Balaban J connectivity index is 2.65. The first-order chi connectivity index (χ1) is 27.4. The molecule has 1 saturated heterocycles. The van der Waals surface area contributed by atoms with Crippen LogP contribution in [0.2, 0.25) is 0 Å². The molecular weight excluding hydrogens is 755 g/mol. The van der Waals surface area contributed by atoms with E-state index in [1.165, 1.54) is 57.4 Å². The number of aliphatic hydroxyl groups is 5. The van der Waals surface area contributed by atoms with Crippen LogP contribution < -0.4 is 5.32 Å². The molecule has 0 aliphatic carbocycles. The minimum atomic E-state index is -5.12. The van der Waals surface area contributed by atoms with Crippen LogP contribution in [-0.2, 0) is 28.9 Å². The molecule has 0 saturated carbocycles. The van der Waals surface area contributed by atoms with Crippen LogP contribution in [0.1, 0.15) is 155 Å². The zero-order valence-corrected chi connectivity index (χ0v) is 35.6. The largest absolute Gasteiger partial charge is 0.397 e. The third-order valence-corrected chi connectivity index (χ3v) is 10.4. The van der Waals surface area contributed by atoms with Crippen molar-refractivity contribution in [1.82, 2.24) is 5.32 Å². The highest BCUT2D eigenvalue weighted by Crippen LogP contribution is 2.26. The van der Waals surface area contributed by atoms with E-state index in [1.807, 2.05) is 0 Å². The average molecular weight is 832 g/mol. The van der Waals surface area contributed by atoms with Crippen molar-refractivity contribution in [3.63, 3.8) is 0 Å². The van der Waals surface area contributed by atoms with Crippen molar-refractivity contribution in [2.45, 2.75) is 204 Å². The van der Waals surface area contributed by atoms with Crippen LogP contribution in [0.4, 0.5) is 0 Å². The maximum atomic E-state index is 13.1. The topological polar surface area (TPSA) is 212 Å². The van der Waals surface area contributed by atoms with Gasteiger partial charge >= 0.3 is 10.4 Å². The SMILES string of the molecule is CCCCC/C=C\C/C=C\CCCCCCCCC(O)C(=O)NC(COC1OC(CO)C(O)C(OS(=O)(=O)O)C1O)C(O)/C=C/CC/C=C/CCCCCCCC. The normalized spacial score (nSPS) is 22.3. The Bertz CT molecular complexity index is 1230. The lowest BCUT2D eigenvalue weighted by atomic mass is 9.99. The standard InChI is InChI=1S/C43H77NO12S/c1-3-5-7-9-11-13-15-17-18-19-20-22-24-26-28-30-32-37(47)42(50)44-35(36(46)31-29-27-25-23-21-16-14-12-10-8-6-4-2)34-54-43-40(49)41(56-57(51,52)53)39(48)38(33-45)55-43/h11,13,17-18,21,23,29,31,35-41,43,45-49H,3-10,12,14-16,19-20,22,24-28,30,32-34H2,1-2H3,(H,44,50)(H,51,52,53)/b13-11-,18-17-,23-21+,31-29+. The Morgan fingerprint density at radius 2 is 1.23 bits per heavy atom. The summed E-state index contributed by atoms with van der Waals surface area (Å²) in [5.41, 5.74) is 0. The number of aliphatic hydroxyl groups excluding tert-OH is 5. The van der Waals surface area contributed by atoms with Crippen LogP contribution >= 0.6 is 0 Å². The van der Waals surface area contributed by atoms with Crippen molar-refractivity contribution in [3.8, 4) is 0 Å². The molecule has 332 valence electrons. The van der Waals surface area contributed by atoms with E-state index in [1.54, 1.807) is 6.08 Å². The predicted octanol–water partition coefficient (Wildman–Crippen LogP) is 6.68. The van der Waals surface area contributed by atoms with Gasteiger partial charge in [0.05, 0.1) is 25.4 Å². The number of allylic oxidation sites excluding steroid dienone is 7. The zero-order chi connectivity index (χ0) is 42.2. The highest BCUT2D eigenvalue weighted by Gasteiger charge is 2.48. The maximum Gasteiger partial charge on any atom is 0.397 e. The van der Waals surface area contributed by atoms with Crippen molar-refractivity contribution in [1.29, 1.82) is 0 Å². The van der Waals surface area contributed by atoms with E-state index in [2.05, 4.69) is 59.8 Å². The van der Waals surface area contributed by atoms with Crippen LogP contribution in [0.5, 0.6) is 0 Å². The summed E-state index contributed by atoms with van der Waals surface area (Å²) < 4.78 is 47.4. The fourth-order valence-corrected chi connectivity index (χ4v) is 6.95. The molecule has 0 aromatic rings. The molecule has 8 atom stereocenters. The Labute approximate surface area is 343 Å². The molecule has 8 unspecified atom stereocenters. The third-order valence-electron chi connectivity index (χ3n) is 9.94. The molecule has 1 rings (SSSR count). The minimum absolute atomic E-state index is 0.223. The molecular formula is C43H77NO12S. The van der Waals surface area contributed by atoms with Crippen molar-refractivity contribution >= 4 is 16.3 Å².